The first-order valence-corrected chi connectivity index (χ1v) is 7.53. The van der Waals surface area contributed by atoms with Gasteiger partial charge in [0, 0.05) is 23.3 Å². The molecule has 2 rings (SSSR count). The van der Waals surface area contributed by atoms with E-state index in [4.69, 9.17) is 11.6 Å². The average Bonchev–Trinajstić information content (AvgIpc) is 2.55. The summed E-state index contributed by atoms with van der Waals surface area (Å²) in [4.78, 5) is 25.2. The largest absolute Gasteiger partial charge is 0.416 e. The lowest BCUT2D eigenvalue weighted by Gasteiger charge is -2.17. The van der Waals surface area contributed by atoms with Crippen LogP contribution < -0.4 is 5.32 Å². The molecule has 0 radical (unpaired) electrons. The molecular formula is C17H14ClF3N2O2. The molecule has 132 valence electrons. The Bertz CT molecular complexity index is 759. The summed E-state index contributed by atoms with van der Waals surface area (Å²) >= 11 is 5.75. The molecular weight excluding hydrogens is 357 g/mol. The van der Waals surface area contributed by atoms with Crippen molar-refractivity contribution >= 4 is 29.1 Å². The fraction of sp³-hybridized carbons (Fsp3) is 0.176. The second kappa shape index (κ2) is 7.57. The lowest BCUT2D eigenvalue weighted by Crippen LogP contribution is -2.34. The van der Waals surface area contributed by atoms with E-state index in [0.29, 0.717) is 10.7 Å². The number of alkyl halides is 3. The Kier molecular flexibility index (Phi) is 5.69. The van der Waals surface area contributed by atoms with Gasteiger partial charge in [0.1, 0.15) is 0 Å². The van der Waals surface area contributed by atoms with Crippen molar-refractivity contribution in [1.82, 2.24) is 4.90 Å². The summed E-state index contributed by atoms with van der Waals surface area (Å²) in [6.07, 6.45) is -4.47. The number of hydrogen-bond acceptors (Lipinski definition) is 2. The van der Waals surface area contributed by atoms with E-state index in [0.717, 1.165) is 29.2 Å². The highest BCUT2D eigenvalue weighted by molar-refractivity contribution is 6.30. The Balaban J connectivity index is 1.97. The van der Waals surface area contributed by atoms with Gasteiger partial charge >= 0.3 is 6.18 Å². The first-order valence-electron chi connectivity index (χ1n) is 7.15. The molecule has 2 aromatic rings. The molecule has 0 spiro atoms. The highest BCUT2D eigenvalue weighted by atomic mass is 35.5. The quantitative estimate of drug-likeness (QED) is 0.882. The third-order valence-electron chi connectivity index (χ3n) is 3.31. The number of halogens is 4. The number of carbonyl (C=O) groups excluding carboxylic acids is 2. The zero-order valence-electron chi connectivity index (χ0n) is 13.1. The zero-order chi connectivity index (χ0) is 18.6. The Labute approximate surface area is 147 Å². The van der Waals surface area contributed by atoms with Crippen molar-refractivity contribution in [3.63, 3.8) is 0 Å². The van der Waals surface area contributed by atoms with Gasteiger partial charge in [-0.25, -0.2) is 0 Å². The van der Waals surface area contributed by atoms with Crippen LogP contribution >= 0.6 is 11.6 Å². The minimum absolute atomic E-state index is 0.0646. The molecule has 0 unspecified atom stereocenters. The van der Waals surface area contributed by atoms with Crippen LogP contribution in [-0.4, -0.2) is 30.3 Å². The van der Waals surface area contributed by atoms with Gasteiger partial charge in [-0.2, -0.15) is 13.2 Å². The van der Waals surface area contributed by atoms with Crippen LogP contribution in [0.25, 0.3) is 0 Å². The Morgan fingerprint density at radius 3 is 2.12 bits per heavy atom. The van der Waals surface area contributed by atoms with Crippen molar-refractivity contribution in [3.8, 4) is 0 Å². The van der Waals surface area contributed by atoms with Crippen molar-refractivity contribution < 1.29 is 22.8 Å². The lowest BCUT2D eigenvalue weighted by atomic mass is 10.1. The van der Waals surface area contributed by atoms with Crippen molar-refractivity contribution in [1.29, 1.82) is 0 Å². The minimum atomic E-state index is -4.47. The molecule has 4 nitrogen and oxygen atoms in total. The van der Waals surface area contributed by atoms with Crippen LogP contribution in [0.5, 0.6) is 0 Å². The Morgan fingerprint density at radius 2 is 1.60 bits per heavy atom. The van der Waals surface area contributed by atoms with Crippen LogP contribution in [0.4, 0.5) is 18.9 Å². The second-order valence-electron chi connectivity index (χ2n) is 5.29. The Morgan fingerprint density at radius 1 is 1.04 bits per heavy atom. The van der Waals surface area contributed by atoms with E-state index >= 15 is 0 Å². The van der Waals surface area contributed by atoms with Gasteiger partial charge in [0.15, 0.2) is 0 Å². The van der Waals surface area contributed by atoms with E-state index in [9.17, 15) is 22.8 Å². The van der Waals surface area contributed by atoms with E-state index in [2.05, 4.69) is 5.32 Å². The third kappa shape index (κ3) is 5.22. The molecule has 0 heterocycles. The maximum absolute atomic E-state index is 12.5. The molecule has 0 atom stereocenters. The summed E-state index contributed by atoms with van der Waals surface area (Å²) in [5.74, 6) is -0.995. The second-order valence-corrected chi connectivity index (χ2v) is 5.73. The number of anilines is 1. The van der Waals surface area contributed by atoms with Gasteiger partial charge in [-0.3, -0.25) is 9.59 Å². The normalized spacial score (nSPS) is 11.1. The van der Waals surface area contributed by atoms with Crippen molar-refractivity contribution in [3.05, 3.63) is 64.7 Å². The van der Waals surface area contributed by atoms with Gasteiger partial charge in [0.2, 0.25) is 5.91 Å². The Hall–Kier alpha value is -2.54. The number of benzene rings is 2. The number of rotatable bonds is 4. The highest BCUT2D eigenvalue weighted by Crippen LogP contribution is 2.29. The fourth-order valence-corrected chi connectivity index (χ4v) is 2.17. The predicted octanol–water partition coefficient (Wildman–Crippen LogP) is 4.07. The van der Waals surface area contributed by atoms with Gasteiger partial charge in [0.05, 0.1) is 12.1 Å². The molecule has 0 saturated heterocycles. The number of hydrogen-bond donors (Lipinski definition) is 1. The summed E-state index contributed by atoms with van der Waals surface area (Å²) < 4.78 is 37.6. The van der Waals surface area contributed by atoms with Crippen molar-refractivity contribution in [2.24, 2.45) is 0 Å². The van der Waals surface area contributed by atoms with Crippen molar-refractivity contribution in [2.45, 2.75) is 6.18 Å². The maximum atomic E-state index is 12.5. The van der Waals surface area contributed by atoms with Crippen LogP contribution in [0, 0.1) is 0 Å². The van der Waals surface area contributed by atoms with Crippen LogP contribution in [0.1, 0.15) is 15.9 Å². The van der Waals surface area contributed by atoms with E-state index in [1.807, 2.05) is 0 Å². The number of carbonyl (C=O) groups is 2. The van der Waals surface area contributed by atoms with E-state index in [-0.39, 0.29) is 12.1 Å². The first-order chi connectivity index (χ1) is 11.7. The highest BCUT2D eigenvalue weighted by Gasteiger charge is 2.30. The lowest BCUT2D eigenvalue weighted by molar-refractivity contribution is -0.137. The van der Waals surface area contributed by atoms with Crippen molar-refractivity contribution in [2.75, 3.05) is 18.9 Å². The number of nitrogens with one attached hydrogen (secondary N) is 1. The van der Waals surface area contributed by atoms with Crippen LogP contribution in [0.2, 0.25) is 5.02 Å². The molecule has 0 aromatic heterocycles. The monoisotopic (exact) mass is 370 g/mol. The number of amides is 2. The minimum Gasteiger partial charge on any atom is -0.332 e. The molecule has 8 heteroatoms. The van der Waals surface area contributed by atoms with Gasteiger partial charge < -0.3 is 10.2 Å². The predicted molar refractivity (Wildman–Crippen MR) is 88.5 cm³/mol. The summed E-state index contributed by atoms with van der Waals surface area (Å²) in [6.45, 7) is -0.248. The molecule has 2 aromatic carbocycles. The molecule has 1 N–H and O–H groups in total. The average molecular weight is 371 g/mol. The molecule has 0 fully saturated rings. The summed E-state index contributed by atoms with van der Waals surface area (Å²) in [6, 6.07) is 10.2. The molecule has 25 heavy (non-hydrogen) atoms. The van der Waals surface area contributed by atoms with Crippen LogP contribution in [0.3, 0.4) is 0 Å². The van der Waals surface area contributed by atoms with Gasteiger partial charge in [-0.1, -0.05) is 11.6 Å². The topological polar surface area (TPSA) is 49.4 Å². The standard InChI is InChI=1S/C17H14ClF3N2O2/c1-23(10-15(24)22-14-8-6-13(18)7-9-14)16(25)11-2-4-12(5-3-11)17(19,20)21/h2-9H,10H2,1H3,(H,22,24). The first kappa shape index (κ1) is 18.8. The van der Waals surface area contributed by atoms with E-state index < -0.39 is 23.6 Å². The van der Waals surface area contributed by atoms with E-state index in [1.54, 1.807) is 24.3 Å². The maximum Gasteiger partial charge on any atom is 0.416 e. The zero-order valence-corrected chi connectivity index (χ0v) is 13.9. The molecule has 0 saturated carbocycles. The summed E-state index contributed by atoms with van der Waals surface area (Å²) in [5, 5.41) is 3.12. The van der Waals surface area contributed by atoms with Gasteiger partial charge in [-0.05, 0) is 48.5 Å². The molecule has 2 amide bonds. The van der Waals surface area contributed by atoms with E-state index in [1.165, 1.54) is 7.05 Å². The van der Waals surface area contributed by atoms with Gasteiger partial charge in [0.25, 0.3) is 5.91 Å². The van der Waals surface area contributed by atoms with Crippen LogP contribution in [-0.2, 0) is 11.0 Å². The molecule has 0 bridgehead atoms. The molecule has 0 aliphatic heterocycles. The SMILES string of the molecule is CN(CC(=O)Nc1ccc(Cl)cc1)C(=O)c1ccc(C(F)(F)F)cc1. The smallest absolute Gasteiger partial charge is 0.332 e. The van der Waals surface area contributed by atoms with Gasteiger partial charge in [-0.15, -0.1) is 0 Å². The fourth-order valence-electron chi connectivity index (χ4n) is 2.04. The summed E-state index contributed by atoms with van der Waals surface area (Å²) in [7, 11) is 1.39. The molecule has 0 aliphatic carbocycles. The summed E-state index contributed by atoms with van der Waals surface area (Å²) in [5.41, 5.74) is -0.258. The third-order valence-corrected chi connectivity index (χ3v) is 3.57. The molecule has 0 aliphatic rings. The number of likely N-dealkylation sites (N-methyl/N-ethyl adjacent to an activating group) is 1. The number of nitrogens with zero attached hydrogens (tertiary/aromatic N) is 1. The van der Waals surface area contributed by atoms with Crippen LogP contribution in [0.15, 0.2) is 48.5 Å².